The zero-order valence-corrected chi connectivity index (χ0v) is 24.9. The highest BCUT2D eigenvalue weighted by atomic mass is 35.5. The van der Waals surface area contributed by atoms with Crippen molar-refractivity contribution < 1.29 is 28.5 Å². The van der Waals surface area contributed by atoms with Crippen LogP contribution < -0.4 is 18.9 Å². The molecule has 0 bridgehead atoms. The molecular weight excluding hydrogens is 506 g/mol. The second-order valence-corrected chi connectivity index (χ2v) is 10.3. The number of carbonyl (C=O) groups is 1. The van der Waals surface area contributed by atoms with Crippen LogP contribution in [0.1, 0.15) is 56.2 Å². The highest BCUT2D eigenvalue weighted by molar-refractivity contribution is 5.85. The maximum Gasteiger partial charge on any atom is 0.303 e. The molecule has 0 spiro atoms. The fraction of sp³-hybridized carbons (Fsp3) is 0.567. The molecule has 38 heavy (non-hydrogen) atoms. The molecule has 1 aliphatic rings. The summed E-state index contributed by atoms with van der Waals surface area (Å²) in [7, 11) is 8.74. The van der Waals surface area contributed by atoms with Crippen LogP contribution in [0.2, 0.25) is 0 Å². The number of rotatable bonds is 12. The maximum absolute atomic E-state index is 12.4. The van der Waals surface area contributed by atoms with E-state index in [0.717, 1.165) is 56.0 Å². The van der Waals surface area contributed by atoms with Crippen molar-refractivity contribution in [3.63, 3.8) is 0 Å². The molecule has 2 aromatic rings. The van der Waals surface area contributed by atoms with Gasteiger partial charge in [0.15, 0.2) is 23.0 Å². The highest BCUT2D eigenvalue weighted by Crippen LogP contribution is 2.50. The van der Waals surface area contributed by atoms with Crippen LogP contribution in [-0.4, -0.2) is 65.0 Å². The molecule has 0 N–H and O–H groups in total. The third-order valence-electron chi connectivity index (χ3n) is 7.53. The number of ether oxygens (including phenoxy) is 5. The van der Waals surface area contributed by atoms with E-state index in [2.05, 4.69) is 44.0 Å². The Balaban J connectivity index is 0.00000507. The van der Waals surface area contributed by atoms with Gasteiger partial charge < -0.3 is 28.6 Å². The van der Waals surface area contributed by atoms with Gasteiger partial charge in [0.2, 0.25) is 0 Å². The largest absolute Gasteiger partial charge is 0.493 e. The number of likely N-dealkylation sites (N-methyl/N-ethyl adjacent to an activating group) is 1. The molecule has 0 saturated carbocycles. The average Bonchev–Trinajstić information content (AvgIpc) is 2.88. The molecule has 0 heterocycles. The first-order chi connectivity index (χ1) is 17.7. The second-order valence-electron chi connectivity index (χ2n) is 10.3. The van der Waals surface area contributed by atoms with E-state index >= 15 is 0 Å². The van der Waals surface area contributed by atoms with Crippen molar-refractivity contribution in [3.05, 3.63) is 47.0 Å². The van der Waals surface area contributed by atoms with Crippen molar-refractivity contribution >= 4 is 18.4 Å². The molecule has 0 radical (unpaired) electrons. The quantitative estimate of drug-likeness (QED) is 0.315. The molecule has 1 aliphatic carbocycles. The number of aryl methyl sites for hydroxylation is 1. The van der Waals surface area contributed by atoms with Crippen LogP contribution in [0.25, 0.3) is 0 Å². The van der Waals surface area contributed by atoms with Gasteiger partial charge in [-0.05, 0) is 73.2 Å². The van der Waals surface area contributed by atoms with Crippen LogP contribution >= 0.6 is 12.4 Å². The minimum Gasteiger partial charge on any atom is -0.493 e. The maximum atomic E-state index is 12.4. The number of hydrogen-bond donors (Lipinski definition) is 0. The van der Waals surface area contributed by atoms with Gasteiger partial charge in [0.25, 0.3) is 0 Å². The molecule has 0 amide bonds. The van der Waals surface area contributed by atoms with Gasteiger partial charge in [-0.1, -0.05) is 19.9 Å². The zero-order valence-electron chi connectivity index (χ0n) is 24.1. The SMILES string of the molecule is COc1ccc(CCN(C)CC[C@@]2(OC(C)=O)CCc3cc(OC)c(OC)cc3[C@@H]2C(C)C)cc1OC.Cl. The Bertz CT molecular complexity index is 1070. The molecule has 0 saturated heterocycles. The second kappa shape index (κ2) is 13.9. The van der Waals surface area contributed by atoms with E-state index in [4.69, 9.17) is 23.7 Å². The average molecular weight is 550 g/mol. The number of fused-ring (bicyclic) bond motifs is 1. The standard InChI is InChI=1S/C30H43NO6.ClH/c1-20(2)29-24-19-28(36-8)27(35-7)18-23(24)11-13-30(29,37-21(3)32)14-16-31(4)15-12-22-9-10-25(33-5)26(17-22)34-6;/h9-10,17-20,29H,11-16H2,1-8H3;1H/t29-,30-;/m0./s1. The summed E-state index contributed by atoms with van der Waals surface area (Å²) in [5.74, 6) is 3.00. The van der Waals surface area contributed by atoms with Crippen molar-refractivity contribution in [1.29, 1.82) is 0 Å². The van der Waals surface area contributed by atoms with E-state index in [0.29, 0.717) is 5.75 Å². The zero-order chi connectivity index (χ0) is 27.2. The van der Waals surface area contributed by atoms with Crippen molar-refractivity contribution in [1.82, 2.24) is 4.90 Å². The Morgan fingerprint density at radius 1 is 0.947 bits per heavy atom. The van der Waals surface area contributed by atoms with Crippen LogP contribution in [0.4, 0.5) is 0 Å². The van der Waals surface area contributed by atoms with Gasteiger partial charge in [-0.3, -0.25) is 4.79 Å². The lowest BCUT2D eigenvalue weighted by Crippen LogP contribution is -2.48. The Morgan fingerprint density at radius 2 is 1.55 bits per heavy atom. The lowest BCUT2D eigenvalue weighted by molar-refractivity contribution is -0.164. The topological polar surface area (TPSA) is 66.5 Å². The normalized spacial score (nSPS) is 18.4. The van der Waals surface area contributed by atoms with E-state index in [1.54, 1.807) is 28.4 Å². The smallest absolute Gasteiger partial charge is 0.303 e. The first-order valence-electron chi connectivity index (χ1n) is 13.0. The van der Waals surface area contributed by atoms with Gasteiger partial charge in [-0.2, -0.15) is 0 Å². The van der Waals surface area contributed by atoms with Crippen LogP contribution in [0.5, 0.6) is 23.0 Å². The van der Waals surface area contributed by atoms with Gasteiger partial charge >= 0.3 is 5.97 Å². The van der Waals surface area contributed by atoms with Gasteiger partial charge in [0.1, 0.15) is 5.60 Å². The molecule has 2 atom stereocenters. The molecule has 0 aromatic heterocycles. The van der Waals surface area contributed by atoms with Crippen LogP contribution in [-0.2, 0) is 22.4 Å². The number of esters is 1. The minimum absolute atomic E-state index is 0. The Labute approximate surface area is 234 Å². The van der Waals surface area contributed by atoms with E-state index in [9.17, 15) is 4.79 Å². The van der Waals surface area contributed by atoms with Crippen molar-refractivity contribution in [2.24, 2.45) is 5.92 Å². The summed E-state index contributed by atoms with van der Waals surface area (Å²) in [4.78, 5) is 14.7. The molecule has 2 aromatic carbocycles. The lowest BCUT2D eigenvalue weighted by Gasteiger charge is -2.47. The number of nitrogens with zero attached hydrogens (tertiary/aromatic N) is 1. The molecule has 212 valence electrons. The van der Waals surface area contributed by atoms with E-state index in [-0.39, 0.29) is 30.2 Å². The van der Waals surface area contributed by atoms with Gasteiger partial charge in [-0.25, -0.2) is 0 Å². The highest BCUT2D eigenvalue weighted by Gasteiger charge is 2.47. The summed E-state index contributed by atoms with van der Waals surface area (Å²) in [5, 5.41) is 0. The van der Waals surface area contributed by atoms with Crippen molar-refractivity contribution in [2.75, 3.05) is 48.6 Å². The summed E-state index contributed by atoms with van der Waals surface area (Å²) >= 11 is 0. The van der Waals surface area contributed by atoms with E-state index in [1.807, 2.05) is 12.1 Å². The summed E-state index contributed by atoms with van der Waals surface area (Å²) in [6.07, 6.45) is 3.24. The fourth-order valence-electron chi connectivity index (χ4n) is 5.77. The summed E-state index contributed by atoms with van der Waals surface area (Å²) in [6.45, 7) is 7.61. The molecule has 7 nitrogen and oxygen atoms in total. The monoisotopic (exact) mass is 549 g/mol. The number of benzene rings is 2. The molecule has 0 aliphatic heterocycles. The first-order valence-corrected chi connectivity index (χ1v) is 13.0. The third-order valence-corrected chi connectivity index (χ3v) is 7.53. The minimum atomic E-state index is -0.579. The van der Waals surface area contributed by atoms with Gasteiger partial charge in [0.05, 0.1) is 28.4 Å². The summed E-state index contributed by atoms with van der Waals surface area (Å²) < 4.78 is 28.2. The Morgan fingerprint density at radius 3 is 2.13 bits per heavy atom. The predicted molar refractivity (Wildman–Crippen MR) is 153 cm³/mol. The molecule has 3 rings (SSSR count). The van der Waals surface area contributed by atoms with E-state index < -0.39 is 5.60 Å². The lowest BCUT2D eigenvalue weighted by atomic mass is 9.65. The summed E-state index contributed by atoms with van der Waals surface area (Å²) in [6, 6.07) is 10.2. The summed E-state index contributed by atoms with van der Waals surface area (Å²) in [5.41, 5.74) is 3.03. The number of methoxy groups -OCH3 is 4. The third kappa shape index (κ3) is 7.06. The van der Waals surface area contributed by atoms with Crippen LogP contribution in [0.3, 0.4) is 0 Å². The molecule has 0 unspecified atom stereocenters. The number of carbonyl (C=O) groups excluding carboxylic acids is 1. The van der Waals surface area contributed by atoms with Gasteiger partial charge in [0, 0.05) is 32.4 Å². The number of halogens is 1. The first kappa shape index (κ1) is 31.6. The molecule has 0 fully saturated rings. The van der Waals surface area contributed by atoms with Crippen LogP contribution in [0.15, 0.2) is 30.3 Å². The van der Waals surface area contributed by atoms with Crippen molar-refractivity contribution in [3.8, 4) is 23.0 Å². The van der Waals surface area contributed by atoms with E-state index in [1.165, 1.54) is 23.6 Å². The Hall–Kier alpha value is -2.64. The number of hydrogen-bond acceptors (Lipinski definition) is 7. The van der Waals surface area contributed by atoms with Crippen molar-refractivity contribution in [2.45, 2.75) is 58.0 Å². The fourth-order valence-corrected chi connectivity index (χ4v) is 5.77. The molecule has 8 heteroatoms. The van der Waals surface area contributed by atoms with Gasteiger partial charge in [-0.15, -0.1) is 12.4 Å². The Kier molecular flexibility index (Phi) is 11.6. The molecular formula is C30H44ClNO6. The predicted octanol–water partition coefficient (Wildman–Crippen LogP) is 5.70. The van der Waals surface area contributed by atoms with Crippen LogP contribution in [0, 0.1) is 5.92 Å².